The fourth-order valence-corrected chi connectivity index (χ4v) is 3.01. The lowest BCUT2D eigenvalue weighted by Gasteiger charge is -2.17. The van der Waals surface area contributed by atoms with Gasteiger partial charge >= 0.3 is 0 Å². The van der Waals surface area contributed by atoms with E-state index in [1.165, 1.54) is 16.5 Å². The Bertz CT molecular complexity index is 828. The van der Waals surface area contributed by atoms with Gasteiger partial charge in [-0.15, -0.1) is 0 Å². The highest BCUT2D eigenvalue weighted by Gasteiger charge is 2.13. The molecule has 0 bridgehead atoms. The lowest BCUT2D eigenvalue weighted by Crippen LogP contribution is -2.34. The molecule has 0 aliphatic rings. The number of nitrogens with zero attached hydrogens (tertiary/aromatic N) is 1. The minimum absolute atomic E-state index is 0.00466. The van der Waals surface area contributed by atoms with Crippen LogP contribution >= 0.6 is 0 Å². The van der Waals surface area contributed by atoms with Crippen LogP contribution in [-0.4, -0.2) is 30.3 Å². The van der Waals surface area contributed by atoms with E-state index in [-0.39, 0.29) is 18.4 Å². The molecule has 0 saturated carbocycles. The molecular weight excluding hydrogens is 336 g/mol. The Morgan fingerprint density at radius 3 is 2.19 bits per heavy atom. The van der Waals surface area contributed by atoms with E-state index in [9.17, 15) is 9.59 Å². The predicted molar refractivity (Wildman–Crippen MR) is 112 cm³/mol. The van der Waals surface area contributed by atoms with Crippen molar-refractivity contribution in [2.75, 3.05) is 18.9 Å². The van der Waals surface area contributed by atoms with Crippen LogP contribution in [0, 0.1) is 20.8 Å². The van der Waals surface area contributed by atoms with Crippen LogP contribution in [0.15, 0.2) is 42.5 Å². The second-order valence-corrected chi connectivity index (χ2v) is 6.94. The molecule has 2 amide bonds. The van der Waals surface area contributed by atoms with Crippen molar-refractivity contribution >= 4 is 23.6 Å². The van der Waals surface area contributed by atoms with Gasteiger partial charge in [-0.1, -0.05) is 48.9 Å². The molecule has 0 spiro atoms. The standard InChI is InChI=1S/C23H28N2O2/c1-6-19-7-9-20(10-8-19)11-12-22(27)25(5)15-21(26)24-23-17(3)13-16(2)14-18(23)4/h7-14H,6,15H2,1-5H3,(H,24,26)/b12-11+. The summed E-state index contributed by atoms with van der Waals surface area (Å²) in [4.78, 5) is 26.0. The number of anilines is 1. The average molecular weight is 364 g/mol. The highest BCUT2D eigenvalue weighted by atomic mass is 16.2. The molecule has 0 aliphatic carbocycles. The molecule has 1 N–H and O–H groups in total. The van der Waals surface area contributed by atoms with Gasteiger partial charge in [0.25, 0.3) is 0 Å². The Labute approximate surface area is 161 Å². The van der Waals surface area contributed by atoms with Gasteiger partial charge < -0.3 is 10.2 Å². The molecule has 0 unspecified atom stereocenters. The van der Waals surface area contributed by atoms with Crippen molar-refractivity contribution in [2.24, 2.45) is 0 Å². The van der Waals surface area contributed by atoms with E-state index < -0.39 is 0 Å². The van der Waals surface area contributed by atoms with Crippen LogP contribution in [0.5, 0.6) is 0 Å². The topological polar surface area (TPSA) is 49.4 Å². The zero-order valence-electron chi connectivity index (χ0n) is 16.8. The summed E-state index contributed by atoms with van der Waals surface area (Å²) in [5, 5.41) is 2.92. The third kappa shape index (κ3) is 5.81. The molecule has 0 atom stereocenters. The fraction of sp³-hybridized carbons (Fsp3) is 0.304. The number of hydrogen-bond acceptors (Lipinski definition) is 2. The maximum Gasteiger partial charge on any atom is 0.246 e. The first-order valence-electron chi connectivity index (χ1n) is 9.20. The summed E-state index contributed by atoms with van der Waals surface area (Å²) < 4.78 is 0. The van der Waals surface area contributed by atoms with Crippen molar-refractivity contribution in [1.82, 2.24) is 4.90 Å². The average Bonchev–Trinajstić information content (AvgIpc) is 2.63. The largest absolute Gasteiger partial charge is 0.333 e. The van der Waals surface area contributed by atoms with E-state index in [1.54, 1.807) is 13.1 Å². The summed E-state index contributed by atoms with van der Waals surface area (Å²) in [6.45, 7) is 8.08. The van der Waals surface area contributed by atoms with Gasteiger partial charge in [0.05, 0.1) is 6.54 Å². The lowest BCUT2D eigenvalue weighted by molar-refractivity contribution is -0.129. The molecule has 0 radical (unpaired) electrons. The minimum atomic E-state index is -0.207. The highest BCUT2D eigenvalue weighted by Crippen LogP contribution is 2.21. The van der Waals surface area contributed by atoms with Crippen molar-refractivity contribution in [3.8, 4) is 0 Å². The second-order valence-electron chi connectivity index (χ2n) is 6.94. The molecule has 0 aromatic heterocycles. The maximum absolute atomic E-state index is 12.3. The highest BCUT2D eigenvalue weighted by molar-refractivity contribution is 5.98. The first kappa shape index (κ1) is 20.4. The van der Waals surface area contributed by atoms with Crippen LogP contribution in [0.2, 0.25) is 0 Å². The monoisotopic (exact) mass is 364 g/mol. The summed E-state index contributed by atoms with van der Waals surface area (Å²) in [5.41, 5.74) is 6.24. The molecule has 0 saturated heterocycles. The number of benzene rings is 2. The number of hydrogen-bond donors (Lipinski definition) is 1. The molecule has 142 valence electrons. The van der Waals surface area contributed by atoms with Gasteiger partial charge in [-0.05, 0) is 55.5 Å². The summed E-state index contributed by atoms with van der Waals surface area (Å²) in [6.07, 6.45) is 4.25. The van der Waals surface area contributed by atoms with Crippen LogP contribution in [-0.2, 0) is 16.0 Å². The maximum atomic E-state index is 12.3. The molecule has 0 aliphatic heterocycles. The van der Waals surface area contributed by atoms with Crippen molar-refractivity contribution in [3.05, 3.63) is 70.3 Å². The molecule has 4 heteroatoms. The molecule has 4 nitrogen and oxygen atoms in total. The van der Waals surface area contributed by atoms with Gasteiger partial charge in [-0.2, -0.15) is 0 Å². The van der Waals surface area contributed by atoms with E-state index in [4.69, 9.17) is 0 Å². The van der Waals surface area contributed by atoms with E-state index in [0.29, 0.717) is 0 Å². The minimum Gasteiger partial charge on any atom is -0.333 e. The molecule has 2 rings (SSSR count). The van der Waals surface area contributed by atoms with Crippen molar-refractivity contribution in [1.29, 1.82) is 0 Å². The first-order chi connectivity index (χ1) is 12.8. The zero-order chi connectivity index (χ0) is 20.0. The van der Waals surface area contributed by atoms with Gasteiger partial charge in [0.15, 0.2) is 0 Å². The third-order valence-corrected chi connectivity index (χ3v) is 4.50. The van der Waals surface area contributed by atoms with E-state index in [0.717, 1.165) is 34.4 Å². The summed E-state index contributed by atoms with van der Waals surface area (Å²) in [7, 11) is 1.63. The Morgan fingerprint density at radius 1 is 1.04 bits per heavy atom. The summed E-state index contributed by atoms with van der Waals surface area (Å²) >= 11 is 0. The van der Waals surface area contributed by atoms with Crippen LogP contribution in [0.3, 0.4) is 0 Å². The summed E-state index contributed by atoms with van der Waals surface area (Å²) in [6, 6.07) is 12.1. The lowest BCUT2D eigenvalue weighted by atomic mass is 10.1. The van der Waals surface area contributed by atoms with Crippen molar-refractivity contribution in [2.45, 2.75) is 34.1 Å². The van der Waals surface area contributed by atoms with Gasteiger partial charge in [0.1, 0.15) is 0 Å². The van der Waals surface area contributed by atoms with Crippen molar-refractivity contribution < 1.29 is 9.59 Å². The Kier molecular flexibility index (Phi) is 6.94. The molecule has 0 heterocycles. The van der Waals surface area contributed by atoms with Gasteiger partial charge in [0, 0.05) is 18.8 Å². The quantitative estimate of drug-likeness (QED) is 0.778. The number of likely N-dealkylation sites (N-methyl/N-ethyl adjacent to an activating group) is 1. The summed E-state index contributed by atoms with van der Waals surface area (Å²) in [5.74, 6) is -0.413. The van der Waals surface area contributed by atoms with E-state index in [1.807, 2.05) is 57.2 Å². The number of rotatable bonds is 6. The van der Waals surface area contributed by atoms with Gasteiger partial charge in [-0.25, -0.2) is 0 Å². The smallest absolute Gasteiger partial charge is 0.246 e. The molecule has 2 aromatic rings. The molecule has 0 fully saturated rings. The first-order valence-corrected chi connectivity index (χ1v) is 9.20. The Balaban J connectivity index is 1.95. The molecule has 27 heavy (non-hydrogen) atoms. The van der Waals surface area contributed by atoms with Crippen LogP contribution in [0.25, 0.3) is 6.08 Å². The fourth-order valence-electron chi connectivity index (χ4n) is 3.01. The molecular formula is C23H28N2O2. The van der Waals surface area contributed by atoms with Crippen LogP contribution in [0.4, 0.5) is 5.69 Å². The number of carbonyl (C=O) groups excluding carboxylic acids is 2. The van der Waals surface area contributed by atoms with Crippen LogP contribution in [0.1, 0.15) is 34.7 Å². The zero-order valence-corrected chi connectivity index (χ0v) is 16.8. The van der Waals surface area contributed by atoms with E-state index in [2.05, 4.69) is 12.2 Å². The number of nitrogens with one attached hydrogen (secondary N) is 1. The second kappa shape index (κ2) is 9.17. The predicted octanol–water partition coefficient (Wildman–Crippen LogP) is 4.28. The Hall–Kier alpha value is -2.88. The number of aryl methyl sites for hydroxylation is 4. The number of carbonyl (C=O) groups is 2. The third-order valence-electron chi connectivity index (χ3n) is 4.50. The van der Waals surface area contributed by atoms with Gasteiger partial charge in [0.2, 0.25) is 11.8 Å². The SMILES string of the molecule is CCc1ccc(/C=C/C(=O)N(C)CC(=O)Nc2c(C)cc(C)cc2C)cc1. The Morgan fingerprint density at radius 2 is 1.63 bits per heavy atom. The van der Waals surface area contributed by atoms with Crippen LogP contribution < -0.4 is 5.32 Å². The normalized spacial score (nSPS) is 10.9. The van der Waals surface area contributed by atoms with E-state index >= 15 is 0 Å². The molecule has 2 aromatic carbocycles. The number of amides is 2. The van der Waals surface area contributed by atoms with Gasteiger partial charge in [-0.3, -0.25) is 9.59 Å². The van der Waals surface area contributed by atoms with Crippen molar-refractivity contribution in [3.63, 3.8) is 0 Å².